The van der Waals surface area contributed by atoms with E-state index in [0.29, 0.717) is 18.5 Å². The first-order valence-corrected chi connectivity index (χ1v) is 6.99. The molecule has 0 unspecified atom stereocenters. The van der Waals surface area contributed by atoms with E-state index in [1.54, 1.807) is 0 Å². The fraction of sp³-hybridized carbons (Fsp3) is 0.769. The lowest BCUT2D eigenvalue weighted by Gasteiger charge is -2.05. The number of nitrogens with zero attached hydrogens (tertiary/aromatic N) is 3. The largest absolute Gasteiger partial charge is 0.862 e. The van der Waals surface area contributed by atoms with Crippen LogP contribution in [-0.4, -0.2) is 18.2 Å². The molecule has 19 heavy (non-hydrogen) atoms. The molecule has 1 fully saturated rings. The maximum atomic E-state index is 11.1. The van der Waals surface area contributed by atoms with E-state index in [2.05, 4.69) is 15.6 Å². The van der Waals surface area contributed by atoms with Crippen LogP contribution in [0.3, 0.4) is 0 Å². The van der Waals surface area contributed by atoms with E-state index in [4.69, 9.17) is 4.52 Å². The highest BCUT2D eigenvalue weighted by molar-refractivity contribution is 5.71. The summed E-state index contributed by atoms with van der Waals surface area (Å²) in [6.07, 6.45) is 7.27. The highest BCUT2D eigenvalue weighted by Gasteiger charge is 2.31. The van der Waals surface area contributed by atoms with Gasteiger partial charge in [0.1, 0.15) is 0 Å². The molecule has 0 spiro atoms. The van der Waals surface area contributed by atoms with Gasteiger partial charge < -0.3 is 10.4 Å². The zero-order valence-electron chi connectivity index (χ0n) is 11.7. The maximum absolute atomic E-state index is 11.1. The Kier molecular flexibility index (Phi) is 4.90. The van der Waals surface area contributed by atoms with Crippen LogP contribution in [0.4, 0.5) is 5.88 Å². The predicted molar refractivity (Wildman–Crippen MR) is 69.0 cm³/mol. The Bertz CT molecular complexity index is 430. The third-order valence-corrected chi connectivity index (χ3v) is 3.51. The zero-order chi connectivity index (χ0) is 13.7. The number of aromatic nitrogens is 2. The summed E-state index contributed by atoms with van der Waals surface area (Å²) in [7, 11) is 1.86. The molecule has 106 valence electrons. The zero-order valence-corrected chi connectivity index (χ0v) is 11.7. The summed E-state index contributed by atoms with van der Waals surface area (Å²) in [5.74, 6) is 0.0765. The van der Waals surface area contributed by atoms with Gasteiger partial charge in [-0.1, -0.05) is 12.8 Å². The number of hydrogen-bond donors (Lipinski definition) is 1. The molecule has 1 saturated carbocycles. The van der Waals surface area contributed by atoms with Crippen molar-refractivity contribution >= 4 is 11.8 Å². The molecule has 0 aromatic carbocycles. The fourth-order valence-corrected chi connectivity index (χ4v) is 2.62. The van der Waals surface area contributed by atoms with Crippen molar-refractivity contribution in [2.45, 2.75) is 58.0 Å². The van der Waals surface area contributed by atoms with Gasteiger partial charge in [0.05, 0.1) is 6.54 Å². The standard InChI is InChI=1S/C13H22N4O2/c1-10(18)15-13-12(9-14-2)17(16-19-13)11-7-5-3-4-6-8-11/h11,14H,3-9H2,1-2H3. The minimum Gasteiger partial charge on any atom is -0.862 e. The Hall–Kier alpha value is -1.43. The molecular weight excluding hydrogens is 244 g/mol. The van der Waals surface area contributed by atoms with E-state index >= 15 is 0 Å². The van der Waals surface area contributed by atoms with E-state index in [1.807, 2.05) is 11.7 Å². The van der Waals surface area contributed by atoms with E-state index in [0.717, 1.165) is 18.5 Å². The third kappa shape index (κ3) is 3.53. The van der Waals surface area contributed by atoms with Crippen molar-refractivity contribution in [3.05, 3.63) is 5.69 Å². The van der Waals surface area contributed by atoms with Gasteiger partial charge in [-0.3, -0.25) is 4.52 Å². The van der Waals surface area contributed by atoms with Gasteiger partial charge in [0.25, 0.3) is 5.69 Å². The van der Waals surface area contributed by atoms with Crippen LogP contribution in [0.15, 0.2) is 9.52 Å². The van der Waals surface area contributed by atoms with Crippen molar-refractivity contribution in [2.24, 2.45) is 4.99 Å². The SMILES string of the molecule is CNCc1c(/N=C(/C)[O-])on[n+]1C1CCCCCC1. The predicted octanol–water partition coefficient (Wildman–Crippen LogP) is 0.987. The minimum atomic E-state index is -0.262. The van der Waals surface area contributed by atoms with Crippen molar-refractivity contribution in [3.8, 4) is 0 Å². The Labute approximate surface area is 113 Å². The van der Waals surface area contributed by atoms with Crippen molar-refractivity contribution < 1.29 is 14.3 Å². The molecule has 1 N–H and O–H groups in total. The maximum Gasteiger partial charge on any atom is 0.325 e. The summed E-state index contributed by atoms with van der Waals surface area (Å²) in [6, 6.07) is 0.366. The Morgan fingerprint density at radius 2 is 2.11 bits per heavy atom. The topological polar surface area (TPSA) is 77.4 Å². The molecule has 2 rings (SSSR count). The van der Waals surface area contributed by atoms with Gasteiger partial charge in [-0.25, -0.2) is 4.99 Å². The van der Waals surface area contributed by atoms with Crippen LogP contribution in [0.25, 0.3) is 0 Å². The molecule has 1 aromatic rings. The molecule has 1 heterocycles. The van der Waals surface area contributed by atoms with Crippen LogP contribution in [0.5, 0.6) is 0 Å². The number of nitrogens with one attached hydrogen (secondary N) is 1. The van der Waals surface area contributed by atoms with Crippen LogP contribution in [0.1, 0.15) is 57.2 Å². The highest BCUT2D eigenvalue weighted by atomic mass is 16.5. The van der Waals surface area contributed by atoms with Crippen molar-refractivity contribution in [1.82, 2.24) is 10.6 Å². The summed E-state index contributed by atoms with van der Waals surface area (Å²) in [5.41, 5.74) is 0.865. The third-order valence-electron chi connectivity index (χ3n) is 3.51. The van der Waals surface area contributed by atoms with Gasteiger partial charge in [-0.05, 0) is 37.4 Å². The highest BCUT2D eigenvalue weighted by Crippen LogP contribution is 2.25. The Balaban J connectivity index is 2.28. The molecule has 0 atom stereocenters. The molecule has 0 aliphatic heterocycles. The average molecular weight is 266 g/mol. The lowest BCUT2D eigenvalue weighted by atomic mass is 10.1. The lowest BCUT2D eigenvalue weighted by molar-refractivity contribution is -0.792. The second kappa shape index (κ2) is 6.65. The van der Waals surface area contributed by atoms with Crippen LogP contribution in [0, 0.1) is 0 Å². The monoisotopic (exact) mass is 266 g/mol. The molecule has 0 radical (unpaired) electrons. The summed E-state index contributed by atoms with van der Waals surface area (Å²) in [5, 5.41) is 18.3. The molecule has 0 saturated heterocycles. The molecule has 6 nitrogen and oxygen atoms in total. The summed E-state index contributed by atoms with van der Waals surface area (Å²) < 4.78 is 7.16. The van der Waals surface area contributed by atoms with E-state index in [1.165, 1.54) is 32.6 Å². The normalized spacial score (nSPS) is 18.5. The molecule has 1 aliphatic carbocycles. The van der Waals surface area contributed by atoms with Gasteiger partial charge >= 0.3 is 5.88 Å². The number of aliphatic imine (C=N–C) groups is 1. The average Bonchev–Trinajstić information content (AvgIpc) is 2.62. The van der Waals surface area contributed by atoms with Crippen LogP contribution in [-0.2, 0) is 6.54 Å². The molecule has 1 aromatic heterocycles. The van der Waals surface area contributed by atoms with Gasteiger partial charge in [-0.15, -0.1) is 0 Å². The molecule has 0 amide bonds. The Morgan fingerprint density at radius 1 is 1.42 bits per heavy atom. The first-order valence-electron chi connectivity index (χ1n) is 6.99. The van der Waals surface area contributed by atoms with Crippen LogP contribution < -0.4 is 15.1 Å². The quantitative estimate of drug-likeness (QED) is 0.381. The smallest absolute Gasteiger partial charge is 0.325 e. The summed E-state index contributed by atoms with van der Waals surface area (Å²) in [6.45, 7) is 2.02. The first kappa shape index (κ1) is 14.0. The van der Waals surface area contributed by atoms with Gasteiger partial charge in [0.15, 0.2) is 6.04 Å². The summed E-state index contributed by atoms with van der Waals surface area (Å²) in [4.78, 5) is 3.89. The van der Waals surface area contributed by atoms with Crippen LogP contribution in [0.2, 0.25) is 0 Å². The van der Waals surface area contributed by atoms with Crippen molar-refractivity contribution in [1.29, 1.82) is 0 Å². The van der Waals surface area contributed by atoms with Gasteiger partial charge in [-0.2, -0.15) is 0 Å². The first-order chi connectivity index (χ1) is 9.22. The number of hydrogen-bond acceptors (Lipinski definition) is 5. The van der Waals surface area contributed by atoms with Gasteiger partial charge in [0, 0.05) is 12.8 Å². The second-order valence-electron chi connectivity index (χ2n) is 5.08. The lowest BCUT2D eigenvalue weighted by Crippen LogP contribution is -2.45. The fourth-order valence-electron chi connectivity index (χ4n) is 2.62. The van der Waals surface area contributed by atoms with E-state index < -0.39 is 0 Å². The Morgan fingerprint density at radius 3 is 2.68 bits per heavy atom. The van der Waals surface area contributed by atoms with E-state index in [9.17, 15) is 5.11 Å². The summed E-state index contributed by atoms with van der Waals surface area (Å²) >= 11 is 0. The van der Waals surface area contributed by atoms with Crippen LogP contribution >= 0.6 is 0 Å². The van der Waals surface area contributed by atoms with Crippen molar-refractivity contribution in [3.63, 3.8) is 0 Å². The molecule has 6 heteroatoms. The molecular formula is C13H22N4O2. The van der Waals surface area contributed by atoms with Crippen molar-refractivity contribution in [2.75, 3.05) is 7.05 Å². The molecule has 0 bridgehead atoms. The second-order valence-corrected chi connectivity index (χ2v) is 5.08. The minimum absolute atomic E-state index is 0.262. The van der Waals surface area contributed by atoms with E-state index in [-0.39, 0.29) is 5.90 Å². The van der Waals surface area contributed by atoms with Gasteiger partial charge in [0.2, 0.25) is 5.27 Å². The number of rotatable bonds is 4. The molecule has 1 aliphatic rings.